The van der Waals surface area contributed by atoms with E-state index in [0.717, 1.165) is 50.0 Å². The molecule has 0 unspecified atom stereocenters. The summed E-state index contributed by atoms with van der Waals surface area (Å²) >= 11 is 6.08. The minimum atomic E-state index is -0.0343. The summed E-state index contributed by atoms with van der Waals surface area (Å²) in [5.74, 6) is 0.613. The van der Waals surface area contributed by atoms with Crippen LogP contribution in [0.25, 0.3) is 11.0 Å². The second kappa shape index (κ2) is 8.95. The van der Waals surface area contributed by atoms with Gasteiger partial charge in [-0.3, -0.25) is 9.78 Å². The maximum absolute atomic E-state index is 12.1. The zero-order valence-electron chi connectivity index (χ0n) is 15.9. The molecule has 1 aliphatic rings. The summed E-state index contributed by atoms with van der Waals surface area (Å²) in [6.45, 7) is 3.48. The van der Waals surface area contributed by atoms with E-state index in [1.165, 1.54) is 0 Å². The highest BCUT2D eigenvalue weighted by molar-refractivity contribution is 6.30. The summed E-state index contributed by atoms with van der Waals surface area (Å²) in [7, 11) is 2.05. The van der Waals surface area contributed by atoms with Crippen LogP contribution in [-0.2, 0) is 0 Å². The van der Waals surface area contributed by atoms with E-state index in [9.17, 15) is 4.79 Å². The fourth-order valence-corrected chi connectivity index (χ4v) is 4.00. The number of aliphatic hydroxyl groups excluding tert-OH is 1. The molecule has 0 amide bonds. The van der Waals surface area contributed by atoms with Crippen molar-refractivity contribution in [3.05, 3.63) is 29.0 Å². The average molecular weight is 391 g/mol. The normalized spacial score (nSPS) is 20.2. The third-order valence-corrected chi connectivity index (χ3v) is 5.52. The molecule has 2 aromatic heterocycles. The molecule has 27 heavy (non-hydrogen) atoms. The topological polar surface area (TPSA) is 78.4 Å². The lowest BCUT2D eigenvalue weighted by molar-refractivity contribution is 0.101. The van der Waals surface area contributed by atoms with E-state index in [0.29, 0.717) is 28.2 Å². The number of carbonyl (C=O) groups is 1. The van der Waals surface area contributed by atoms with Crippen molar-refractivity contribution in [2.75, 3.05) is 32.1 Å². The van der Waals surface area contributed by atoms with E-state index in [4.69, 9.17) is 16.7 Å². The van der Waals surface area contributed by atoms with Crippen LogP contribution < -0.4 is 5.32 Å². The van der Waals surface area contributed by atoms with Crippen molar-refractivity contribution in [1.29, 1.82) is 0 Å². The monoisotopic (exact) mass is 390 g/mol. The Labute approximate surface area is 164 Å². The molecule has 0 aliphatic heterocycles. The highest BCUT2D eigenvalue weighted by Crippen LogP contribution is 2.31. The molecule has 1 fully saturated rings. The van der Waals surface area contributed by atoms with E-state index in [1.807, 2.05) is 6.07 Å². The number of rotatable bonds is 7. The second-order valence-corrected chi connectivity index (χ2v) is 7.84. The molecule has 0 spiro atoms. The standard InChI is InChI=1S/C20H27ClN4O2/c1-13(27)16-11-22-17-7-8-18(21)24-20(17)19(16)23-15-5-3-14(4-6-15)12-25(2)9-10-26/h7-8,11,14-15,26H,3-6,9-10,12H2,1-2H3,(H,22,23). The predicted molar refractivity (Wildman–Crippen MR) is 109 cm³/mol. The lowest BCUT2D eigenvalue weighted by Crippen LogP contribution is -2.33. The van der Waals surface area contributed by atoms with E-state index in [1.54, 1.807) is 19.2 Å². The number of hydrogen-bond donors (Lipinski definition) is 2. The van der Waals surface area contributed by atoms with Crippen molar-refractivity contribution in [3.8, 4) is 0 Å². The average Bonchev–Trinajstić information content (AvgIpc) is 2.63. The molecule has 2 heterocycles. The molecule has 7 heteroatoms. The van der Waals surface area contributed by atoms with Gasteiger partial charge in [-0.05, 0) is 57.7 Å². The van der Waals surface area contributed by atoms with Crippen molar-refractivity contribution >= 4 is 34.1 Å². The van der Waals surface area contributed by atoms with E-state index in [-0.39, 0.29) is 12.4 Å². The fourth-order valence-electron chi connectivity index (χ4n) is 3.85. The lowest BCUT2D eigenvalue weighted by atomic mass is 9.85. The van der Waals surface area contributed by atoms with Crippen LogP contribution in [0.1, 0.15) is 43.0 Å². The fraction of sp³-hybridized carbons (Fsp3) is 0.550. The molecular weight excluding hydrogens is 364 g/mol. The maximum atomic E-state index is 12.1. The van der Waals surface area contributed by atoms with E-state index < -0.39 is 0 Å². The number of halogens is 1. The molecule has 0 radical (unpaired) electrons. The van der Waals surface area contributed by atoms with Crippen molar-refractivity contribution in [2.45, 2.75) is 38.6 Å². The Morgan fingerprint density at radius 1 is 1.33 bits per heavy atom. The van der Waals surface area contributed by atoms with Crippen LogP contribution in [-0.4, -0.2) is 58.5 Å². The smallest absolute Gasteiger partial charge is 0.163 e. The Morgan fingerprint density at radius 3 is 2.74 bits per heavy atom. The first-order valence-electron chi connectivity index (χ1n) is 9.50. The molecule has 2 N–H and O–H groups in total. The minimum absolute atomic E-state index is 0.0343. The van der Waals surface area contributed by atoms with Crippen LogP contribution in [0, 0.1) is 5.92 Å². The number of fused-ring (bicyclic) bond motifs is 1. The quantitative estimate of drug-likeness (QED) is 0.557. The highest BCUT2D eigenvalue weighted by atomic mass is 35.5. The first-order valence-corrected chi connectivity index (χ1v) is 9.88. The molecule has 3 rings (SSSR count). The number of likely N-dealkylation sites (N-methyl/N-ethyl adjacent to an activating group) is 1. The Hall–Kier alpha value is -1.76. The van der Waals surface area contributed by atoms with Gasteiger partial charge in [-0.2, -0.15) is 0 Å². The van der Waals surface area contributed by atoms with Gasteiger partial charge in [-0.25, -0.2) is 4.98 Å². The Kier molecular flexibility index (Phi) is 6.63. The number of carbonyl (C=O) groups excluding carboxylic acids is 1. The van der Waals surface area contributed by atoms with Gasteiger partial charge in [0.25, 0.3) is 0 Å². The van der Waals surface area contributed by atoms with Crippen molar-refractivity contribution < 1.29 is 9.90 Å². The van der Waals surface area contributed by atoms with Crippen LogP contribution in [0.15, 0.2) is 18.3 Å². The number of Topliss-reactive ketones (excluding diaryl/α,β-unsaturated/α-hetero) is 1. The Bertz CT molecular complexity index is 806. The van der Waals surface area contributed by atoms with Gasteiger partial charge >= 0.3 is 0 Å². The zero-order chi connectivity index (χ0) is 19.4. The molecule has 6 nitrogen and oxygen atoms in total. The molecule has 0 bridgehead atoms. The molecular formula is C20H27ClN4O2. The van der Waals surface area contributed by atoms with Gasteiger partial charge in [0.1, 0.15) is 10.7 Å². The number of hydrogen-bond acceptors (Lipinski definition) is 6. The summed E-state index contributed by atoms with van der Waals surface area (Å²) in [6, 6.07) is 3.84. The van der Waals surface area contributed by atoms with Crippen molar-refractivity contribution in [1.82, 2.24) is 14.9 Å². The Balaban J connectivity index is 1.74. The van der Waals surface area contributed by atoms with E-state index >= 15 is 0 Å². The molecule has 0 aromatic carbocycles. The predicted octanol–water partition coefficient (Wildman–Crippen LogP) is 3.38. The van der Waals surface area contributed by atoms with Crippen LogP contribution in [0.5, 0.6) is 0 Å². The largest absolute Gasteiger partial charge is 0.395 e. The first-order chi connectivity index (χ1) is 13.0. The molecule has 0 atom stereocenters. The van der Waals surface area contributed by atoms with Gasteiger partial charge in [0.2, 0.25) is 0 Å². The molecule has 1 saturated carbocycles. The maximum Gasteiger partial charge on any atom is 0.163 e. The molecule has 2 aromatic rings. The van der Waals surface area contributed by atoms with Crippen LogP contribution in [0.2, 0.25) is 5.15 Å². The number of nitrogens with one attached hydrogen (secondary N) is 1. The van der Waals surface area contributed by atoms with Crippen LogP contribution >= 0.6 is 11.6 Å². The van der Waals surface area contributed by atoms with Crippen LogP contribution in [0.3, 0.4) is 0 Å². The zero-order valence-corrected chi connectivity index (χ0v) is 16.7. The van der Waals surface area contributed by atoms with E-state index in [2.05, 4.69) is 27.2 Å². The number of anilines is 1. The van der Waals surface area contributed by atoms with Gasteiger partial charge < -0.3 is 15.3 Å². The van der Waals surface area contributed by atoms with Gasteiger partial charge in [-0.15, -0.1) is 0 Å². The van der Waals surface area contributed by atoms with Crippen molar-refractivity contribution in [2.24, 2.45) is 5.92 Å². The third kappa shape index (κ3) is 4.94. The molecule has 0 saturated heterocycles. The molecule has 1 aliphatic carbocycles. The van der Waals surface area contributed by atoms with Crippen molar-refractivity contribution in [3.63, 3.8) is 0 Å². The summed E-state index contributed by atoms with van der Waals surface area (Å²) < 4.78 is 0. The third-order valence-electron chi connectivity index (χ3n) is 5.30. The number of aliphatic hydroxyl groups is 1. The number of pyridine rings is 2. The summed E-state index contributed by atoms with van der Waals surface area (Å²) in [4.78, 5) is 23.1. The summed E-state index contributed by atoms with van der Waals surface area (Å²) in [5, 5.41) is 13.0. The molecule has 146 valence electrons. The SMILES string of the molecule is CC(=O)c1cnc2ccc(Cl)nc2c1NC1CCC(CN(C)CCO)CC1. The second-order valence-electron chi connectivity index (χ2n) is 7.45. The Morgan fingerprint density at radius 2 is 2.07 bits per heavy atom. The minimum Gasteiger partial charge on any atom is -0.395 e. The van der Waals surface area contributed by atoms with Crippen LogP contribution in [0.4, 0.5) is 5.69 Å². The number of aromatic nitrogens is 2. The van der Waals surface area contributed by atoms with Gasteiger partial charge in [0.05, 0.1) is 23.4 Å². The highest BCUT2D eigenvalue weighted by Gasteiger charge is 2.24. The van der Waals surface area contributed by atoms with Gasteiger partial charge in [0.15, 0.2) is 5.78 Å². The van der Waals surface area contributed by atoms with Gasteiger partial charge in [-0.1, -0.05) is 11.6 Å². The van der Waals surface area contributed by atoms with Gasteiger partial charge in [0, 0.05) is 25.3 Å². The number of ketones is 1. The lowest BCUT2D eigenvalue weighted by Gasteiger charge is -2.32. The summed E-state index contributed by atoms with van der Waals surface area (Å²) in [6.07, 6.45) is 5.96. The summed E-state index contributed by atoms with van der Waals surface area (Å²) in [5.41, 5.74) is 2.68. The first kappa shape index (κ1) is 20.0. The number of nitrogens with zero attached hydrogens (tertiary/aromatic N) is 3.